The molecule has 6 nitrogen and oxygen atoms in total. The van der Waals surface area contributed by atoms with Crippen molar-refractivity contribution in [3.63, 3.8) is 0 Å². The first-order valence-corrected chi connectivity index (χ1v) is 8.22. The number of anilines is 1. The van der Waals surface area contributed by atoms with Crippen LogP contribution in [0.1, 0.15) is 6.42 Å². The lowest BCUT2D eigenvalue weighted by Gasteiger charge is -2.08. The number of nitrogens with zero attached hydrogens (tertiary/aromatic N) is 3. The minimum atomic E-state index is -0.523. The van der Waals surface area contributed by atoms with Crippen LogP contribution in [0, 0.1) is 0 Å². The predicted molar refractivity (Wildman–Crippen MR) is 90.0 cm³/mol. The summed E-state index contributed by atoms with van der Waals surface area (Å²) in [6.45, 7) is 0. The maximum Gasteiger partial charge on any atom is 0.243 e. The molecular weight excluding hydrogens is 330 g/mol. The van der Waals surface area contributed by atoms with Crippen LogP contribution in [0.3, 0.4) is 0 Å². The van der Waals surface area contributed by atoms with Gasteiger partial charge >= 0.3 is 0 Å². The number of aromatic nitrogens is 3. The van der Waals surface area contributed by atoms with E-state index >= 15 is 0 Å². The molecule has 2 heterocycles. The molecule has 2 aromatic heterocycles. The molecule has 2 rings (SSSR count). The molecule has 3 N–H and O–H groups in total. The first-order valence-electron chi connectivity index (χ1n) is 6.01. The van der Waals surface area contributed by atoms with Crippen molar-refractivity contribution in [3.8, 4) is 10.7 Å². The Morgan fingerprint density at radius 3 is 2.95 bits per heavy atom. The molecular formula is C12H16ClN5OS2. The monoisotopic (exact) mass is 345 g/mol. The SMILES string of the molecule is CSCC[C@H](N)C(=O)Nc1nnc(-c2ccccn2)s1.Cl. The summed E-state index contributed by atoms with van der Waals surface area (Å²) in [7, 11) is 0. The number of pyridine rings is 1. The van der Waals surface area contributed by atoms with Crippen molar-refractivity contribution >= 4 is 46.5 Å². The fraction of sp³-hybridized carbons (Fsp3) is 0.333. The van der Waals surface area contributed by atoms with E-state index in [-0.39, 0.29) is 18.3 Å². The van der Waals surface area contributed by atoms with E-state index in [9.17, 15) is 4.79 Å². The van der Waals surface area contributed by atoms with Gasteiger partial charge in [-0.05, 0) is 30.6 Å². The second-order valence-electron chi connectivity index (χ2n) is 4.00. The molecule has 0 fully saturated rings. The molecule has 0 aliphatic heterocycles. The number of hydrogen-bond acceptors (Lipinski definition) is 7. The first-order chi connectivity index (χ1) is 9.70. The number of carbonyl (C=O) groups is 1. The standard InChI is InChI=1S/C12H15N5OS2.ClH/c1-19-7-5-8(13)10(18)15-12-17-16-11(20-12)9-4-2-3-6-14-9;/h2-4,6,8H,5,7,13H2,1H3,(H,15,17,18);1H/t8-;/m0./s1. The van der Waals surface area contributed by atoms with Crippen LogP contribution in [0.2, 0.25) is 0 Å². The number of nitrogens with one attached hydrogen (secondary N) is 1. The van der Waals surface area contributed by atoms with Crippen LogP contribution in [0.25, 0.3) is 10.7 Å². The summed E-state index contributed by atoms with van der Waals surface area (Å²) in [6.07, 6.45) is 4.31. The lowest BCUT2D eigenvalue weighted by molar-refractivity contribution is -0.117. The van der Waals surface area contributed by atoms with Crippen molar-refractivity contribution in [1.29, 1.82) is 0 Å². The third-order valence-electron chi connectivity index (χ3n) is 2.51. The molecule has 0 bridgehead atoms. The smallest absolute Gasteiger partial charge is 0.243 e. The van der Waals surface area contributed by atoms with Crippen LogP contribution in [0.4, 0.5) is 5.13 Å². The molecule has 0 aromatic carbocycles. The summed E-state index contributed by atoms with van der Waals surface area (Å²) >= 11 is 2.94. The zero-order valence-corrected chi connectivity index (χ0v) is 13.8. The van der Waals surface area contributed by atoms with Crippen molar-refractivity contribution in [2.24, 2.45) is 5.73 Å². The average molecular weight is 346 g/mol. The van der Waals surface area contributed by atoms with E-state index in [1.54, 1.807) is 18.0 Å². The minimum absolute atomic E-state index is 0. The fourth-order valence-corrected chi connectivity index (χ4v) is 2.65. The Bertz CT molecular complexity index is 566. The Morgan fingerprint density at radius 1 is 1.48 bits per heavy atom. The van der Waals surface area contributed by atoms with Gasteiger partial charge < -0.3 is 5.73 Å². The van der Waals surface area contributed by atoms with Crippen LogP contribution in [0.5, 0.6) is 0 Å². The van der Waals surface area contributed by atoms with Crippen molar-refractivity contribution in [2.45, 2.75) is 12.5 Å². The largest absolute Gasteiger partial charge is 0.320 e. The molecule has 9 heteroatoms. The van der Waals surface area contributed by atoms with E-state index in [2.05, 4.69) is 20.5 Å². The van der Waals surface area contributed by atoms with E-state index in [1.165, 1.54) is 11.3 Å². The molecule has 1 amide bonds. The quantitative estimate of drug-likeness (QED) is 0.832. The molecule has 0 unspecified atom stereocenters. The van der Waals surface area contributed by atoms with Gasteiger partial charge in [0.1, 0.15) is 5.69 Å². The Labute approximate surface area is 137 Å². The van der Waals surface area contributed by atoms with Gasteiger partial charge in [-0.2, -0.15) is 11.8 Å². The normalized spacial score (nSPS) is 11.5. The summed E-state index contributed by atoms with van der Waals surface area (Å²) in [5.74, 6) is 0.618. The first kappa shape index (κ1) is 17.8. The highest BCUT2D eigenvalue weighted by Gasteiger charge is 2.15. The van der Waals surface area contributed by atoms with E-state index < -0.39 is 6.04 Å². The molecule has 114 valence electrons. The highest BCUT2D eigenvalue weighted by atomic mass is 35.5. The van der Waals surface area contributed by atoms with E-state index in [0.29, 0.717) is 16.6 Å². The van der Waals surface area contributed by atoms with E-state index in [4.69, 9.17) is 5.73 Å². The maximum absolute atomic E-state index is 11.8. The van der Waals surface area contributed by atoms with Crippen molar-refractivity contribution in [3.05, 3.63) is 24.4 Å². The van der Waals surface area contributed by atoms with Crippen LogP contribution in [0.15, 0.2) is 24.4 Å². The third-order valence-corrected chi connectivity index (χ3v) is 4.01. The van der Waals surface area contributed by atoms with Gasteiger partial charge in [-0.1, -0.05) is 17.4 Å². The van der Waals surface area contributed by atoms with Gasteiger partial charge in [0.2, 0.25) is 11.0 Å². The number of hydrogen-bond donors (Lipinski definition) is 2. The fourth-order valence-electron chi connectivity index (χ4n) is 1.44. The van der Waals surface area contributed by atoms with E-state index in [0.717, 1.165) is 11.4 Å². The number of amides is 1. The van der Waals surface area contributed by atoms with Gasteiger partial charge in [0.15, 0.2) is 5.01 Å². The van der Waals surface area contributed by atoms with Crippen molar-refractivity contribution in [2.75, 3.05) is 17.3 Å². The lowest BCUT2D eigenvalue weighted by Crippen LogP contribution is -2.36. The van der Waals surface area contributed by atoms with Crippen LogP contribution in [-0.4, -0.2) is 39.1 Å². The molecule has 21 heavy (non-hydrogen) atoms. The number of halogens is 1. The van der Waals surface area contributed by atoms with Crippen molar-refractivity contribution in [1.82, 2.24) is 15.2 Å². The lowest BCUT2D eigenvalue weighted by atomic mass is 10.2. The maximum atomic E-state index is 11.8. The van der Waals surface area contributed by atoms with Crippen LogP contribution < -0.4 is 11.1 Å². The van der Waals surface area contributed by atoms with Gasteiger partial charge in [-0.3, -0.25) is 15.1 Å². The number of nitrogens with two attached hydrogens (primary N) is 1. The summed E-state index contributed by atoms with van der Waals surface area (Å²) in [4.78, 5) is 16.0. The highest BCUT2D eigenvalue weighted by molar-refractivity contribution is 7.98. The Balaban J connectivity index is 0.00000220. The van der Waals surface area contributed by atoms with E-state index in [1.807, 2.05) is 24.5 Å². The summed E-state index contributed by atoms with van der Waals surface area (Å²) in [5, 5.41) is 11.7. The van der Waals surface area contributed by atoms with Gasteiger partial charge in [0.05, 0.1) is 6.04 Å². The molecule has 0 spiro atoms. The summed E-state index contributed by atoms with van der Waals surface area (Å²) < 4.78 is 0. The second kappa shape index (κ2) is 8.93. The van der Waals surface area contributed by atoms with Gasteiger partial charge in [0.25, 0.3) is 0 Å². The topological polar surface area (TPSA) is 93.8 Å². The zero-order chi connectivity index (χ0) is 14.4. The van der Waals surface area contributed by atoms with Gasteiger partial charge in [0, 0.05) is 6.20 Å². The molecule has 0 aliphatic rings. The average Bonchev–Trinajstić information content (AvgIpc) is 2.94. The predicted octanol–water partition coefficient (Wildman–Crippen LogP) is 2.04. The Hall–Kier alpha value is -1.22. The van der Waals surface area contributed by atoms with Crippen LogP contribution >= 0.6 is 35.5 Å². The second-order valence-corrected chi connectivity index (χ2v) is 5.97. The molecule has 0 saturated carbocycles. The van der Waals surface area contributed by atoms with Gasteiger partial charge in [-0.15, -0.1) is 22.6 Å². The molecule has 0 saturated heterocycles. The zero-order valence-electron chi connectivity index (χ0n) is 11.4. The number of carbonyl (C=O) groups excluding carboxylic acids is 1. The molecule has 2 aromatic rings. The summed E-state index contributed by atoms with van der Waals surface area (Å²) in [5.41, 5.74) is 6.52. The Kier molecular flexibility index (Phi) is 7.58. The number of thioether (sulfide) groups is 1. The van der Waals surface area contributed by atoms with Crippen LogP contribution in [-0.2, 0) is 4.79 Å². The minimum Gasteiger partial charge on any atom is -0.320 e. The molecule has 0 aliphatic carbocycles. The highest BCUT2D eigenvalue weighted by Crippen LogP contribution is 2.24. The number of rotatable bonds is 6. The Morgan fingerprint density at radius 2 is 2.29 bits per heavy atom. The molecule has 1 atom stereocenters. The molecule has 0 radical (unpaired) electrons. The van der Waals surface area contributed by atoms with Crippen molar-refractivity contribution < 1.29 is 4.79 Å². The summed E-state index contributed by atoms with van der Waals surface area (Å²) in [6, 6.07) is 5.03. The third kappa shape index (κ3) is 5.24. The van der Waals surface area contributed by atoms with Gasteiger partial charge in [-0.25, -0.2) is 0 Å².